The Hall–Kier alpha value is -2.18. The van der Waals surface area contributed by atoms with Crippen molar-refractivity contribution in [1.82, 2.24) is 24.8 Å². The summed E-state index contributed by atoms with van der Waals surface area (Å²) in [6.45, 7) is 6.54. The van der Waals surface area contributed by atoms with Crippen molar-refractivity contribution in [3.8, 4) is 0 Å². The molecule has 0 aromatic carbocycles. The van der Waals surface area contributed by atoms with E-state index in [2.05, 4.69) is 33.8 Å². The van der Waals surface area contributed by atoms with Gasteiger partial charge in [0.05, 0.1) is 12.9 Å². The molecule has 0 aliphatic carbocycles. The highest BCUT2D eigenvalue weighted by molar-refractivity contribution is 5.87. The van der Waals surface area contributed by atoms with Crippen LogP contribution in [-0.2, 0) is 4.79 Å². The summed E-state index contributed by atoms with van der Waals surface area (Å²) in [4.78, 5) is 32.3. The van der Waals surface area contributed by atoms with Gasteiger partial charge in [0.25, 0.3) is 0 Å². The van der Waals surface area contributed by atoms with E-state index in [9.17, 15) is 4.79 Å². The van der Waals surface area contributed by atoms with E-state index in [4.69, 9.17) is 0 Å². The van der Waals surface area contributed by atoms with Gasteiger partial charge in [-0.1, -0.05) is 20.3 Å². The number of likely N-dealkylation sites (tertiary alicyclic amines) is 1. The third-order valence-corrected chi connectivity index (χ3v) is 4.92. The first-order valence-electron chi connectivity index (χ1n) is 8.65. The van der Waals surface area contributed by atoms with Crippen LogP contribution in [0, 0.1) is 5.41 Å². The summed E-state index contributed by atoms with van der Waals surface area (Å²) in [5.74, 6) is 0.866. The Bertz CT molecular complexity index is 710. The Balaban J connectivity index is 1.69. The van der Waals surface area contributed by atoms with Crippen molar-refractivity contribution in [2.75, 3.05) is 31.6 Å². The molecule has 0 unspecified atom stereocenters. The van der Waals surface area contributed by atoms with Crippen LogP contribution in [-0.4, -0.2) is 57.4 Å². The van der Waals surface area contributed by atoms with E-state index in [0.717, 1.165) is 31.4 Å². The lowest BCUT2D eigenvalue weighted by Crippen LogP contribution is -2.48. The van der Waals surface area contributed by atoms with Gasteiger partial charge in [-0.05, 0) is 24.7 Å². The highest BCUT2D eigenvalue weighted by Crippen LogP contribution is 2.34. The zero-order valence-corrected chi connectivity index (χ0v) is 14.7. The number of carbonyl (C=O) groups is 1. The number of rotatable bonds is 5. The summed E-state index contributed by atoms with van der Waals surface area (Å²) in [5, 5.41) is 0. The second kappa shape index (κ2) is 6.75. The number of fused-ring (bicyclic) bond motifs is 1. The fourth-order valence-corrected chi connectivity index (χ4v) is 3.76. The molecule has 2 aromatic heterocycles. The molecule has 0 spiro atoms. The van der Waals surface area contributed by atoms with Gasteiger partial charge in [-0.3, -0.25) is 4.79 Å². The molecular weight excluding hydrogens is 304 g/mol. The Kier molecular flexibility index (Phi) is 4.69. The SMILES string of the molecule is CCC[C@]1(C)CCCN(C(=O)CN(C)c2ncnc3nc[nH]c23)C1. The average Bonchev–Trinajstić information content (AvgIpc) is 3.03. The Labute approximate surface area is 142 Å². The number of aromatic nitrogens is 4. The molecule has 7 nitrogen and oxygen atoms in total. The van der Waals surface area contributed by atoms with Crippen molar-refractivity contribution in [2.45, 2.75) is 39.5 Å². The number of H-pyrrole nitrogens is 1. The molecule has 0 saturated carbocycles. The molecule has 3 heterocycles. The molecule has 0 bridgehead atoms. The summed E-state index contributed by atoms with van der Waals surface area (Å²) < 4.78 is 0. The lowest BCUT2D eigenvalue weighted by Gasteiger charge is -2.41. The third kappa shape index (κ3) is 3.34. The van der Waals surface area contributed by atoms with Crippen molar-refractivity contribution >= 4 is 22.9 Å². The van der Waals surface area contributed by atoms with Crippen LogP contribution in [0.25, 0.3) is 11.2 Å². The topological polar surface area (TPSA) is 78.0 Å². The van der Waals surface area contributed by atoms with Gasteiger partial charge in [-0.2, -0.15) is 0 Å². The van der Waals surface area contributed by atoms with E-state index in [0.29, 0.717) is 18.0 Å². The molecule has 1 fully saturated rings. The van der Waals surface area contributed by atoms with Crippen LogP contribution < -0.4 is 4.90 Å². The number of piperidine rings is 1. The molecule has 1 amide bonds. The molecule has 0 radical (unpaired) electrons. The first-order valence-corrected chi connectivity index (χ1v) is 8.65. The predicted octanol–water partition coefficient (Wildman–Crippen LogP) is 2.22. The molecule has 1 saturated heterocycles. The van der Waals surface area contributed by atoms with Crippen LogP contribution >= 0.6 is 0 Å². The van der Waals surface area contributed by atoms with Gasteiger partial charge in [0.15, 0.2) is 11.5 Å². The molecule has 2 aromatic rings. The van der Waals surface area contributed by atoms with Crippen molar-refractivity contribution in [3.05, 3.63) is 12.7 Å². The van der Waals surface area contributed by atoms with Crippen LogP contribution in [0.5, 0.6) is 0 Å². The minimum absolute atomic E-state index is 0.158. The van der Waals surface area contributed by atoms with Crippen LogP contribution in [0.15, 0.2) is 12.7 Å². The van der Waals surface area contributed by atoms with E-state index in [1.807, 2.05) is 16.8 Å². The van der Waals surface area contributed by atoms with E-state index in [1.165, 1.54) is 19.2 Å². The maximum absolute atomic E-state index is 12.8. The fraction of sp³-hybridized carbons (Fsp3) is 0.647. The third-order valence-electron chi connectivity index (χ3n) is 4.92. The number of hydrogen-bond donors (Lipinski definition) is 1. The number of carbonyl (C=O) groups excluding carboxylic acids is 1. The van der Waals surface area contributed by atoms with E-state index < -0.39 is 0 Å². The van der Waals surface area contributed by atoms with Gasteiger partial charge in [0, 0.05) is 20.1 Å². The quantitative estimate of drug-likeness (QED) is 0.909. The summed E-state index contributed by atoms with van der Waals surface area (Å²) in [6.07, 6.45) is 7.72. The van der Waals surface area contributed by atoms with Gasteiger partial charge < -0.3 is 14.8 Å². The smallest absolute Gasteiger partial charge is 0.242 e. The van der Waals surface area contributed by atoms with Gasteiger partial charge in [0.1, 0.15) is 11.8 Å². The minimum atomic E-state index is 0.158. The first-order chi connectivity index (χ1) is 11.5. The molecule has 130 valence electrons. The van der Waals surface area contributed by atoms with Crippen molar-refractivity contribution in [1.29, 1.82) is 0 Å². The zero-order valence-electron chi connectivity index (χ0n) is 14.7. The molecule has 1 N–H and O–H groups in total. The van der Waals surface area contributed by atoms with E-state index in [1.54, 1.807) is 6.33 Å². The number of hydrogen-bond acceptors (Lipinski definition) is 5. The minimum Gasteiger partial charge on any atom is -0.348 e. The predicted molar refractivity (Wildman–Crippen MR) is 93.8 cm³/mol. The molecular formula is C17H26N6O. The van der Waals surface area contributed by atoms with Crippen molar-refractivity contribution in [3.63, 3.8) is 0 Å². The van der Waals surface area contributed by atoms with Crippen LogP contribution in [0.1, 0.15) is 39.5 Å². The fourth-order valence-electron chi connectivity index (χ4n) is 3.76. The van der Waals surface area contributed by atoms with Gasteiger partial charge >= 0.3 is 0 Å². The number of aromatic amines is 1. The Morgan fingerprint density at radius 1 is 1.42 bits per heavy atom. The zero-order chi connectivity index (χ0) is 17.2. The molecule has 1 aliphatic rings. The monoisotopic (exact) mass is 330 g/mol. The normalized spacial score (nSPS) is 21.2. The summed E-state index contributed by atoms with van der Waals surface area (Å²) >= 11 is 0. The van der Waals surface area contributed by atoms with Gasteiger partial charge in [-0.25, -0.2) is 15.0 Å². The highest BCUT2D eigenvalue weighted by atomic mass is 16.2. The molecule has 1 atom stereocenters. The lowest BCUT2D eigenvalue weighted by atomic mass is 9.78. The number of likely N-dealkylation sites (N-methyl/N-ethyl adjacent to an activating group) is 1. The second-order valence-corrected chi connectivity index (χ2v) is 7.13. The standard InChI is InChI=1S/C17H26N6O/c1-4-6-17(2)7-5-8-23(10-17)13(24)9-22(3)16-14-15(19-11-18-14)20-12-21-16/h11-12H,4-10H2,1-3H3,(H,18,19,20,21)/t17-/m1/s1. The van der Waals surface area contributed by atoms with Crippen LogP contribution in [0.4, 0.5) is 5.82 Å². The van der Waals surface area contributed by atoms with Crippen molar-refractivity contribution in [2.24, 2.45) is 5.41 Å². The average molecular weight is 330 g/mol. The Morgan fingerprint density at radius 3 is 3.04 bits per heavy atom. The molecule has 24 heavy (non-hydrogen) atoms. The summed E-state index contributed by atoms with van der Waals surface area (Å²) in [7, 11) is 1.88. The second-order valence-electron chi connectivity index (χ2n) is 7.13. The first kappa shape index (κ1) is 16.7. The number of nitrogens with one attached hydrogen (secondary N) is 1. The highest BCUT2D eigenvalue weighted by Gasteiger charge is 2.32. The largest absolute Gasteiger partial charge is 0.348 e. The van der Waals surface area contributed by atoms with E-state index >= 15 is 0 Å². The van der Waals surface area contributed by atoms with Gasteiger partial charge in [-0.15, -0.1) is 0 Å². The number of imidazole rings is 1. The number of anilines is 1. The molecule has 7 heteroatoms. The van der Waals surface area contributed by atoms with Crippen LogP contribution in [0.3, 0.4) is 0 Å². The maximum atomic E-state index is 12.8. The number of nitrogens with zero attached hydrogens (tertiary/aromatic N) is 5. The molecule has 1 aliphatic heterocycles. The molecule has 3 rings (SSSR count). The maximum Gasteiger partial charge on any atom is 0.242 e. The lowest BCUT2D eigenvalue weighted by molar-refractivity contribution is -0.133. The Morgan fingerprint density at radius 2 is 2.25 bits per heavy atom. The number of amides is 1. The summed E-state index contributed by atoms with van der Waals surface area (Å²) in [5.41, 5.74) is 1.64. The van der Waals surface area contributed by atoms with Crippen molar-refractivity contribution < 1.29 is 4.79 Å². The van der Waals surface area contributed by atoms with E-state index in [-0.39, 0.29) is 11.3 Å². The van der Waals surface area contributed by atoms with Gasteiger partial charge in [0.2, 0.25) is 5.91 Å². The summed E-state index contributed by atoms with van der Waals surface area (Å²) in [6, 6.07) is 0. The van der Waals surface area contributed by atoms with Crippen LogP contribution in [0.2, 0.25) is 0 Å².